The fourth-order valence-corrected chi connectivity index (χ4v) is 3.40. The highest BCUT2D eigenvalue weighted by Crippen LogP contribution is 2.43. The van der Waals surface area contributed by atoms with Crippen molar-refractivity contribution in [3.63, 3.8) is 0 Å². The summed E-state index contributed by atoms with van der Waals surface area (Å²) in [6, 6.07) is 0.715. The molecule has 2 aliphatic rings. The molecule has 0 aromatic carbocycles. The van der Waals surface area contributed by atoms with Crippen molar-refractivity contribution in [3.05, 3.63) is 0 Å². The zero-order valence-electron chi connectivity index (χ0n) is 12.0. The normalized spacial score (nSPS) is 27.7. The minimum atomic E-state index is 0.666. The van der Waals surface area contributed by atoms with Crippen molar-refractivity contribution in [1.82, 2.24) is 10.2 Å². The minimum absolute atomic E-state index is 0.666. The molecule has 0 spiro atoms. The Bertz CT molecular complexity index is 222. The first-order valence-corrected chi connectivity index (χ1v) is 7.57. The van der Waals surface area contributed by atoms with Gasteiger partial charge >= 0.3 is 0 Å². The zero-order chi connectivity index (χ0) is 12.3. The van der Waals surface area contributed by atoms with Gasteiger partial charge in [-0.3, -0.25) is 0 Å². The maximum absolute atomic E-state index is 3.84. The van der Waals surface area contributed by atoms with E-state index < -0.39 is 0 Å². The highest BCUT2D eigenvalue weighted by atomic mass is 15.1. The van der Waals surface area contributed by atoms with Gasteiger partial charge in [-0.05, 0) is 70.5 Å². The molecule has 2 fully saturated rings. The average molecular weight is 238 g/mol. The van der Waals surface area contributed by atoms with Crippen molar-refractivity contribution in [2.45, 2.75) is 58.4 Å². The van der Waals surface area contributed by atoms with Crippen molar-refractivity contribution >= 4 is 0 Å². The van der Waals surface area contributed by atoms with Gasteiger partial charge in [0.1, 0.15) is 0 Å². The van der Waals surface area contributed by atoms with E-state index in [9.17, 15) is 0 Å². The van der Waals surface area contributed by atoms with Gasteiger partial charge in [-0.2, -0.15) is 0 Å². The van der Waals surface area contributed by atoms with Crippen LogP contribution in [-0.2, 0) is 0 Å². The molecule has 1 aliphatic heterocycles. The Morgan fingerprint density at radius 2 is 1.94 bits per heavy atom. The quantitative estimate of drug-likeness (QED) is 0.792. The lowest BCUT2D eigenvalue weighted by Gasteiger charge is -2.43. The van der Waals surface area contributed by atoms with E-state index >= 15 is 0 Å². The van der Waals surface area contributed by atoms with Crippen LogP contribution in [0.2, 0.25) is 0 Å². The van der Waals surface area contributed by atoms with Crippen molar-refractivity contribution in [3.8, 4) is 0 Å². The van der Waals surface area contributed by atoms with E-state index in [0.717, 1.165) is 5.92 Å². The summed E-state index contributed by atoms with van der Waals surface area (Å²) < 4.78 is 0. The lowest BCUT2D eigenvalue weighted by atomic mass is 9.67. The fourth-order valence-electron chi connectivity index (χ4n) is 3.40. The third-order valence-corrected chi connectivity index (χ3v) is 5.43. The van der Waals surface area contributed by atoms with E-state index in [1.165, 1.54) is 58.2 Å². The van der Waals surface area contributed by atoms with Crippen LogP contribution < -0.4 is 5.32 Å². The number of nitrogens with zero attached hydrogens (tertiary/aromatic N) is 1. The molecule has 0 radical (unpaired) electrons. The first-order valence-electron chi connectivity index (χ1n) is 7.57. The van der Waals surface area contributed by atoms with Crippen LogP contribution in [0.4, 0.5) is 0 Å². The number of hydrogen-bond acceptors (Lipinski definition) is 2. The molecule has 0 aromatic rings. The van der Waals surface area contributed by atoms with Crippen LogP contribution in [0.25, 0.3) is 0 Å². The first kappa shape index (κ1) is 13.4. The van der Waals surface area contributed by atoms with E-state index in [2.05, 4.69) is 31.1 Å². The molecule has 1 saturated carbocycles. The molecule has 2 heteroatoms. The highest BCUT2D eigenvalue weighted by molar-refractivity contribution is 4.90. The van der Waals surface area contributed by atoms with Gasteiger partial charge in [0.2, 0.25) is 0 Å². The molecule has 1 saturated heterocycles. The Morgan fingerprint density at radius 3 is 2.41 bits per heavy atom. The molecule has 1 heterocycles. The molecule has 1 N–H and O–H groups in total. The maximum atomic E-state index is 3.84. The molecule has 17 heavy (non-hydrogen) atoms. The van der Waals surface area contributed by atoms with E-state index in [0.29, 0.717) is 11.5 Å². The van der Waals surface area contributed by atoms with Gasteiger partial charge in [-0.1, -0.05) is 13.3 Å². The van der Waals surface area contributed by atoms with E-state index in [-0.39, 0.29) is 0 Å². The van der Waals surface area contributed by atoms with Crippen LogP contribution in [0.3, 0.4) is 0 Å². The maximum Gasteiger partial charge on any atom is 0.00681 e. The largest absolute Gasteiger partial charge is 0.313 e. The first-order chi connectivity index (χ1) is 8.15. The lowest BCUT2D eigenvalue weighted by molar-refractivity contribution is 0.108. The molecule has 1 atom stereocenters. The third kappa shape index (κ3) is 3.23. The summed E-state index contributed by atoms with van der Waals surface area (Å²) in [6.45, 7) is 8.60. The second-order valence-corrected chi connectivity index (χ2v) is 6.52. The van der Waals surface area contributed by atoms with E-state index in [1.807, 2.05) is 0 Å². The second kappa shape index (κ2) is 5.71. The summed E-state index contributed by atoms with van der Waals surface area (Å²) in [5, 5.41) is 3.84. The summed E-state index contributed by atoms with van der Waals surface area (Å²) in [7, 11) is 2.24. The van der Waals surface area contributed by atoms with Gasteiger partial charge in [0.15, 0.2) is 0 Å². The summed E-state index contributed by atoms with van der Waals surface area (Å²) in [6.07, 6.45) is 8.49. The number of piperidine rings is 1. The van der Waals surface area contributed by atoms with Crippen molar-refractivity contribution < 1.29 is 0 Å². The van der Waals surface area contributed by atoms with Crippen LogP contribution in [0.15, 0.2) is 0 Å². The van der Waals surface area contributed by atoms with Crippen LogP contribution in [0, 0.1) is 11.3 Å². The van der Waals surface area contributed by atoms with Crippen LogP contribution in [0.1, 0.15) is 52.4 Å². The van der Waals surface area contributed by atoms with Gasteiger partial charge in [0.05, 0.1) is 0 Å². The molecule has 2 rings (SSSR count). The number of likely N-dealkylation sites (tertiary alicyclic amines) is 1. The molecule has 1 unspecified atom stereocenters. The molecule has 0 amide bonds. The minimum Gasteiger partial charge on any atom is -0.313 e. The Labute approximate surface area is 107 Å². The predicted molar refractivity (Wildman–Crippen MR) is 74.3 cm³/mol. The number of hydrogen-bond donors (Lipinski definition) is 1. The monoisotopic (exact) mass is 238 g/mol. The molecular weight excluding hydrogens is 208 g/mol. The number of nitrogens with one attached hydrogen (secondary N) is 1. The smallest absolute Gasteiger partial charge is 0.00681 e. The van der Waals surface area contributed by atoms with Gasteiger partial charge < -0.3 is 10.2 Å². The Morgan fingerprint density at radius 1 is 1.29 bits per heavy atom. The van der Waals surface area contributed by atoms with Gasteiger partial charge in [0, 0.05) is 12.6 Å². The zero-order valence-corrected chi connectivity index (χ0v) is 12.0. The van der Waals surface area contributed by atoms with E-state index in [4.69, 9.17) is 0 Å². The summed E-state index contributed by atoms with van der Waals surface area (Å²) in [5.74, 6) is 0.903. The molecule has 2 nitrogen and oxygen atoms in total. The van der Waals surface area contributed by atoms with Crippen LogP contribution in [0.5, 0.6) is 0 Å². The SMILES string of the molecule is CCC1(CNC(C)C2CCN(C)CC2)CCC1. The Balaban J connectivity index is 1.71. The predicted octanol–water partition coefficient (Wildman–Crippen LogP) is 2.89. The molecule has 0 aromatic heterocycles. The van der Waals surface area contributed by atoms with Crippen molar-refractivity contribution in [1.29, 1.82) is 0 Å². The van der Waals surface area contributed by atoms with Gasteiger partial charge in [0.25, 0.3) is 0 Å². The average Bonchev–Trinajstić information content (AvgIpc) is 2.29. The Kier molecular flexibility index (Phi) is 4.48. The Hall–Kier alpha value is -0.0800. The molecular formula is C15H30N2. The van der Waals surface area contributed by atoms with Gasteiger partial charge in [-0.25, -0.2) is 0 Å². The van der Waals surface area contributed by atoms with Gasteiger partial charge in [-0.15, -0.1) is 0 Å². The summed E-state index contributed by atoms with van der Waals surface area (Å²) in [5.41, 5.74) is 0.666. The third-order valence-electron chi connectivity index (χ3n) is 5.43. The number of rotatable bonds is 5. The van der Waals surface area contributed by atoms with Crippen LogP contribution >= 0.6 is 0 Å². The van der Waals surface area contributed by atoms with Crippen LogP contribution in [-0.4, -0.2) is 37.6 Å². The molecule has 100 valence electrons. The molecule has 0 bridgehead atoms. The van der Waals surface area contributed by atoms with Crippen molar-refractivity contribution in [2.75, 3.05) is 26.7 Å². The van der Waals surface area contributed by atoms with E-state index in [1.54, 1.807) is 0 Å². The lowest BCUT2D eigenvalue weighted by Crippen LogP contribution is -2.46. The van der Waals surface area contributed by atoms with Crippen molar-refractivity contribution in [2.24, 2.45) is 11.3 Å². The summed E-state index contributed by atoms with van der Waals surface area (Å²) in [4.78, 5) is 2.46. The fraction of sp³-hybridized carbons (Fsp3) is 1.00. The molecule has 1 aliphatic carbocycles. The summed E-state index contributed by atoms with van der Waals surface area (Å²) >= 11 is 0. The topological polar surface area (TPSA) is 15.3 Å². The standard InChI is InChI=1S/C15H30N2/c1-4-15(8-5-9-15)12-16-13(2)14-6-10-17(3)11-7-14/h13-14,16H,4-12H2,1-3H3. The second-order valence-electron chi connectivity index (χ2n) is 6.52. The highest BCUT2D eigenvalue weighted by Gasteiger charge is 2.35.